The van der Waals surface area contributed by atoms with Crippen LogP contribution in [0.4, 0.5) is 13.2 Å². The third-order valence-corrected chi connectivity index (χ3v) is 4.20. The molecule has 0 radical (unpaired) electrons. The molecule has 0 aliphatic heterocycles. The topological polar surface area (TPSA) is 30.0 Å². The fraction of sp³-hybridized carbons (Fsp3) is 0.286. The van der Waals surface area contributed by atoms with E-state index in [1.165, 1.54) is 29.9 Å². The van der Waals surface area contributed by atoms with Gasteiger partial charge in [-0.3, -0.25) is 4.79 Å². The molecule has 1 aromatic heterocycles. The van der Waals surface area contributed by atoms with Crippen molar-refractivity contribution in [2.75, 3.05) is 0 Å². The van der Waals surface area contributed by atoms with Crippen molar-refractivity contribution in [2.24, 2.45) is 0 Å². The minimum atomic E-state index is -4.44. The average Bonchev–Trinajstić information content (AvgIpc) is 3.15. The van der Waals surface area contributed by atoms with Gasteiger partial charge in [0.1, 0.15) is 0 Å². The highest BCUT2D eigenvalue weighted by atomic mass is 32.1. The van der Waals surface area contributed by atoms with Crippen LogP contribution in [0, 0.1) is 0 Å². The molecule has 104 valence electrons. The third kappa shape index (κ3) is 2.47. The first-order valence-corrected chi connectivity index (χ1v) is 6.90. The zero-order chi connectivity index (χ0) is 14.3. The van der Waals surface area contributed by atoms with Gasteiger partial charge >= 0.3 is 6.18 Å². The van der Waals surface area contributed by atoms with E-state index in [2.05, 4.69) is 4.37 Å². The first-order chi connectivity index (χ1) is 9.47. The second-order valence-electron chi connectivity index (χ2n) is 4.79. The maximum atomic E-state index is 12.7. The highest BCUT2D eigenvalue weighted by Crippen LogP contribution is 2.44. The van der Waals surface area contributed by atoms with E-state index in [0.29, 0.717) is 11.5 Å². The summed E-state index contributed by atoms with van der Waals surface area (Å²) in [5, 5.41) is 0. The van der Waals surface area contributed by atoms with Crippen LogP contribution in [0.2, 0.25) is 0 Å². The Balaban J connectivity index is 1.96. The number of hydrogen-bond acceptors (Lipinski definition) is 3. The zero-order valence-corrected chi connectivity index (χ0v) is 11.1. The molecule has 0 N–H and O–H groups in total. The van der Waals surface area contributed by atoms with Gasteiger partial charge in [-0.25, -0.2) is 4.37 Å². The Morgan fingerprint density at radius 1 is 1.30 bits per heavy atom. The second kappa shape index (κ2) is 4.70. The maximum absolute atomic E-state index is 12.7. The van der Waals surface area contributed by atoms with Crippen LogP contribution >= 0.6 is 11.5 Å². The Labute approximate surface area is 117 Å². The average molecular weight is 297 g/mol. The molecule has 20 heavy (non-hydrogen) atoms. The molecule has 1 aromatic carbocycles. The molecule has 1 aliphatic carbocycles. The molecule has 1 heterocycles. The molecule has 0 saturated heterocycles. The standard InChI is InChI=1S/C14H10F3NOS/c15-14(16,17)10-3-1-2-9(6-10)12(19)11-7-18-20-13(11)8-4-5-8/h1-3,6-8H,4-5H2. The number of ketones is 1. The predicted octanol–water partition coefficient (Wildman–Crippen LogP) is 4.27. The number of carbonyl (C=O) groups is 1. The number of alkyl halides is 3. The van der Waals surface area contributed by atoms with E-state index in [9.17, 15) is 18.0 Å². The fourth-order valence-electron chi connectivity index (χ4n) is 2.05. The smallest absolute Gasteiger partial charge is 0.289 e. The van der Waals surface area contributed by atoms with E-state index in [-0.39, 0.29) is 11.3 Å². The zero-order valence-electron chi connectivity index (χ0n) is 10.3. The molecule has 0 amide bonds. The molecule has 0 unspecified atom stereocenters. The van der Waals surface area contributed by atoms with Crippen LogP contribution in [0.3, 0.4) is 0 Å². The highest BCUT2D eigenvalue weighted by molar-refractivity contribution is 7.06. The van der Waals surface area contributed by atoms with Crippen LogP contribution in [0.15, 0.2) is 30.5 Å². The van der Waals surface area contributed by atoms with Crippen molar-refractivity contribution >= 4 is 17.3 Å². The molecule has 0 atom stereocenters. The summed E-state index contributed by atoms with van der Waals surface area (Å²) in [7, 11) is 0. The van der Waals surface area contributed by atoms with Gasteiger partial charge in [-0.2, -0.15) is 13.2 Å². The maximum Gasteiger partial charge on any atom is 0.416 e. The van der Waals surface area contributed by atoms with E-state index < -0.39 is 11.7 Å². The van der Waals surface area contributed by atoms with Crippen molar-refractivity contribution in [3.63, 3.8) is 0 Å². The largest absolute Gasteiger partial charge is 0.416 e. The number of carbonyl (C=O) groups excluding carboxylic acids is 1. The minimum absolute atomic E-state index is 0.0573. The van der Waals surface area contributed by atoms with Gasteiger partial charge in [0, 0.05) is 10.4 Å². The summed E-state index contributed by atoms with van der Waals surface area (Å²) in [4.78, 5) is 13.2. The monoisotopic (exact) mass is 297 g/mol. The number of halogens is 3. The van der Waals surface area contributed by atoms with Crippen LogP contribution in [-0.4, -0.2) is 10.2 Å². The molecule has 0 spiro atoms. The quantitative estimate of drug-likeness (QED) is 0.792. The first-order valence-electron chi connectivity index (χ1n) is 6.13. The lowest BCUT2D eigenvalue weighted by Gasteiger charge is -2.08. The molecule has 0 bridgehead atoms. The minimum Gasteiger partial charge on any atom is -0.289 e. The lowest BCUT2D eigenvalue weighted by Crippen LogP contribution is -2.08. The van der Waals surface area contributed by atoms with Crippen molar-refractivity contribution in [2.45, 2.75) is 24.9 Å². The van der Waals surface area contributed by atoms with Gasteiger partial charge in [0.2, 0.25) is 0 Å². The fourth-order valence-corrected chi connectivity index (χ4v) is 2.95. The number of nitrogens with zero attached hydrogens (tertiary/aromatic N) is 1. The highest BCUT2D eigenvalue weighted by Gasteiger charge is 2.33. The summed E-state index contributed by atoms with van der Waals surface area (Å²) >= 11 is 1.26. The lowest BCUT2D eigenvalue weighted by molar-refractivity contribution is -0.137. The molecule has 3 rings (SSSR count). The molecular weight excluding hydrogens is 287 g/mol. The van der Waals surface area contributed by atoms with E-state index in [4.69, 9.17) is 0 Å². The van der Waals surface area contributed by atoms with Crippen LogP contribution in [0.25, 0.3) is 0 Å². The first kappa shape index (κ1) is 13.3. The summed E-state index contributed by atoms with van der Waals surface area (Å²) in [5.41, 5.74) is -0.307. The van der Waals surface area contributed by atoms with Crippen molar-refractivity contribution in [1.29, 1.82) is 0 Å². The van der Waals surface area contributed by atoms with E-state index in [1.807, 2.05) is 0 Å². The molecule has 6 heteroatoms. The third-order valence-electron chi connectivity index (χ3n) is 3.24. The van der Waals surface area contributed by atoms with Crippen molar-refractivity contribution < 1.29 is 18.0 Å². The molecule has 1 aliphatic rings. The summed E-state index contributed by atoms with van der Waals surface area (Å²) in [5.74, 6) is -0.0287. The van der Waals surface area contributed by atoms with Gasteiger partial charge in [0.15, 0.2) is 5.78 Å². The summed E-state index contributed by atoms with van der Waals surface area (Å²) in [6, 6.07) is 4.53. The van der Waals surface area contributed by atoms with Gasteiger partial charge < -0.3 is 0 Å². The van der Waals surface area contributed by atoms with Crippen molar-refractivity contribution in [3.05, 3.63) is 52.0 Å². The van der Waals surface area contributed by atoms with Crippen LogP contribution in [-0.2, 0) is 6.18 Å². The Morgan fingerprint density at radius 3 is 2.70 bits per heavy atom. The molecule has 1 saturated carbocycles. The van der Waals surface area contributed by atoms with Crippen LogP contribution in [0.1, 0.15) is 45.1 Å². The summed E-state index contributed by atoms with van der Waals surface area (Å²) in [6.07, 6.45) is -0.945. The molecule has 2 nitrogen and oxygen atoms in total. The van der Waals surface area contributed by atoms with Gasteiger partial charge in [-0.1, -0.05) is 12.1 Å². The normalized spacial score (nSPS) is 15.3. The number of hydrogen-bond donors (Lipinski definition) is 0. The molecule has 2 aromatic rings. The Morgan fingerprint density at radius 2 is 2.05 bits per heavy atom. The number of rotatable bonds is 3. The molecular formula is C14H10F3NOS. The summed E-state index contributed by atoms with van der Waals surface area (Å²) < 4.78 is 42.0. The van der Waals surface area contributed by atoms with Gasteiger partial charge in [-0.15, -0.1) is 0 Å². The summed E-state index contributed by atoms with van der Waals surface area (Å²) in [6.45, 7) is 0. The lowest BCUT2D eigenvalue weighted by atomic mass is 10.0. The van der Waals surface area contributed by atoms with Gasteiger partial charge in [0.25, 0.3) is 0 Å². The predicted molar refractivity (Wildman–Crippen MR) is 69.0 cm³/mol. The van der Waals surface area contributed by atoms with Crippen LogP contribution < -0.4 is 0 Å². The van der Waals surface area contributed by atoms with E-state index in [0.717, 1.165) is 29.9 Å². The van der Waals surface area contributed by atoms with Gasteiger partial charge in [-0.05, 0) is 42.4 Å². The van der Waals surface area contributed by atoms with Crippen molar-refractivity contribution in [1.82, 2.24) is 4.37 Å². The Kier molecular flexibility index (Phi) is 3.12. The van der Waals surface area contributed by atoms with E-state index >= 15 is 0 Å². The Hall–Kier alpha value is -1.69. The van der Waals surface area contributed by atoms with Crippen LogP contribution in [0.5, 0.6) is 0 Å². The SMILES string of the molecule is O=C(c1cccc(C(F)(F)F)c1)c1cnsc1C1CC1. The number of benzene rings is 1. The van der Waals surface area contributed by atoms with Crippen molar-refractivity contribution in [3.8, 4) is 0 Å². The molecule has 1 fully saturated rings. The Bertz CT molecular complexity index is 658. The van der Waals surface area contributed by atoms with Gasteiger partial charge in [0.05, 0.1) is 17.3 Å². The van der Waals surface area contributed by atoms with E-state index in [1.54, 1.807) is 0 Å². The second-order valence-corrected chi connectivity index (χ2v) is 5.62. The number of aromatic nitrogens is 1.